The number of rotatable bonds is 6. The summed E-state index contributed by atoms with van der Waals surface area (Å²) in [5.74, 6) is 0.134. The predicted molar refractivity (Wildman–Crippen MR) is 81.2 cm³/mol. The van der Waals surface area contributed by atoms with Gasteiger partial charge in [0, 0.05) is 18.4 Å². The lowest BCUT2D eigenvalue weighted by atomic mass is 10.0. The molecule has 4 nitrogen and oxygen atoms in total. The average Bonchev–Trinajstić information content (AvgIpc) is 2.46. The quantitative estimate of drug-likeness (QED) is 0.617. The van der Waals surface area contributed by atoms with Crippen molar-refractivity contribution < 1.29 is 4.79 Å². The van der Waals surface area contributed by atoms with Crippen LogP contribution in [0.4, 0.5) is 5.69 Å². The highest BCUT2D eigenvalue weighted by molar-refractivity contribution is 5.97. The molecular weight excluding hydrogens is 250 g/mol. The maximum Gasteiger partial charge on any atom is 0.263 e. The van der Waals surface area contributed by atoms with Gasteiger partial charge in [-0.3, -0.25) is 4.79 Å². The summed E-state index contributed by atoms with van der Waals surface area (Å²) in [6, 6.07) is 9.83. The molecule has 0 radical (unpaired) electrons. The highest BCUT2D eigenvalue weighted by Gasteiger charge is 2.07. The van der Waals surface area contributed by atoms with Gasteiger partial charge in [-0.15, -0.1) is 0 Å². The van der Waals surface area contributed by atoms with Crippen LogP contribution in [0.2, 0.25) is 0 Å². The Balaban J connectivity index is 2.69. The fraction of sp³-hybridized carbons (Fsp3) is 0.375. The van der Waals surface area contributed by atoms with Crippen molar-refractivity contribution in [3.05, 3.63) is 41.6 Å². The molecule has 0 fully saturated rings. The summed E-state index contributed by atoms with van der Waals surface area (Å²) in [6.45, 7) is 6.80. The molecule has 0 aromatic heterocycles. The summed E-state index contributed by atoms with van der Waals surface area (Å²) in [5, 5.41) is 14.6. The number of nitrogens with zero attached hydrogens (tertiary/aromatic N) is 1. The van der Waals surface area contributed by atoms with Gasteiger partial charge in [0.15, 0.2) is 0 Å². The van der Waals surface area contributed by atoms with Crippen molar-refractivity contribution in [2.24, 2.45) is 0 Å². The monoisotopic (exact) mass is 271 g/mol. The lowest BCUT2D eigenvalue weighted by molar-refractivity contribution is -0.117. The first kappa shape index (κ1) is 15.8. The van der Waals surface area contributed by atoms with Gasteiger partial charge >= 0.3 is 0 Å². The Kier molecular flexibility index (Phi) is 6.31. The summed E-state index contributed by atoms with van der Waals surface area (Å²) in [7, 11) is 0. The number of nitriles is 1. The molecule has 0 saturated heterocycles. The van der Waals surface area contributed by atoms with Crippen LogP contribution in [0, 0.1) is 11.3 Å². The van der Waals surface area contributed by atoms with Gasteiger partial charge in [-0.25, -0.2) is 0 Å². The molecule has 0 bridgehead atoms. The van der Waals surface area contributed by atoms with E-state index in [0.29, 0.717) is 12.5 Å². The van der Waals surface area contributed by atoms with Crippen LogP contribution in [-0.2, 0) is 4.79 Å². The van der Waals surface area contributed by atoms with E-state index in [0.717, 1.165) is 12.1 Å². The van der Waals surface area contributed by atoms with Crippen LogP contribution in [0.5, 0.6) is 0 Å². The molecule has 106 valence electrons. The number of anilines is 1. The number of carbonyl (C=O) groups is 1. The van der Waals surface area contributed by atoms with E-state index in [4.69, 9.17) is 5.26 Å². The number of benzene rings is 1. The highest BCUT2D eigenvalue weighted by Crippen LogP contribution is 2.17. The zero-order chi connectivity index (χ0) is 15.0. The maximum atomic E-state index is 11.7. The van der Waals surface area contributed by atoms with E-state index in [-0.39, 0.29) is 11.5 Å². The topological polar surface area (TPSA) is 64.9 Å². The highest BCUT2D eigenvalue weighted by atomic mass is 16.1. The largest absolute Gasteiger partial charge is 0.360 e. The van der Waals surface area contributed by atoms with Gasteiger partial charge in [-0.05, 0) is 30.0 Å². The van der Waals surface area contributed by atoms with Crippen LogP contribution in [0.15, 0.2) is 36.0 Å². The lowest BCUT2D eigenvalue weighted by Gasteiger charge is -2.07. The van der Waals surface area contributed by atoms with Crippen LogP contribution in [0.25, 0.3) is 0 Å². The van der Waals surface area contributed by atoms with Crippen LogP contribution in [0.3, 0.4) is 0 Å². The summed E-state index contributed by atoms with van der Waals surface area (Å²) >= 11 is 0. The standard InChI is InChI=1S/C16H21N3O/c1-4-9-18-16(20)14(10-17)11-19-15-7-5-13(6-8-15)12(2)3/h5-8,11-12,19H,4,9H2,1-3H3,(H,18,20)/b14-11-. The van der Waals surface area contributed by atoms with Gasteiger partial charge in [0.2, 0.25) is 0 Å². The second-order valence-corrected chi connectivity index (χ2v) is 4.85. The van der Waals surface area contributed by atoms with Crippen LogP contribution in [-0.4, -0.2) is 12.5 Å². The molecule has 0 aliphatic rings. The number of nitrogens with one attached hydrogen (secondary N) is 2. The van der Waals surface area contributed by atoms with Gasteiger partial charge in [0.05, 0.1) is 0 Å². The van der Waals surface area contributed by atoms with Crippen molar-refractivity contribution in [2.75, 3.05) is 11.9 Å². The molecule has 0 saturated carbocycles. The summed E-state index contributed by atoms with van der Waals surface area (Å²) in [6.07, 6.45) is 2.28. The minimum absolute atomic E-state index is 0.0754. The number of hydrogen-bond acceptors (Lipinski definition) is 3. The Morgan fingerprint density at radius 1 is 1.35 bits per heavy atom. The first-order valence-electron chi connectivity index (χ1n) is 6.83. The van der Waals surface area contributed by atoms with Crippen molar-refractivity contribution in [1.29, 1.82) is 5.26 Å². The molecule has 0 aliphatic heterocycles. The van der Waals surface area contributed by atoms with E-state index >= 15 is 0 Å². The normalized spacial score (nSPS) is 11.1. The van der Waals surface area contributed by atoms with Gasteiger partial charge < -0.3 is 10.6 Å². The molecule has 0 heterocycles. The van der Waals surface area contributed by atoms with Crippen LogP contribution in [0.1, 0.15) is 38.7 Å². The third-order valence-corrected chi connectivity index (χ3v) is 2.86. The molecule has 2 N–H and O–H groups in total. The second kappa shape index (κ2) is 8.00. The molecule has 0 unspecified atom stereocenters. The Hall–Kier alpha value is -2.28. The Labute approximate surface area is 120 Å². The third-order valence-electron chi connectivity index (χ3n) is 2.86. The third kappa shape index (κ3) is 4.77. The van der Waals surface area contributed by atoms with E-state index in [1.54, 1.807) is 0 Å². The van der Waals surface area contributed by atoms with Crippen LogP contribution < -0.4 is 10.6 Å². The molecule has 0 atom stereocenters. The van der Waals surface area contributed by atoms with Crippen molar-refractivity contribution in [2.45, 2.75) is 33.1 Å². The van der Waals surface area contributed by atoms with Gasteiger partial charge in [0.25, 0.3) is 5.91 Å². The van der Waals surface area contributed by atoms with Crippen LogP contribution >= 0.6 is 0 Å². The Bertz CT molecular complexity index is 510. The summed E-state index contributed by atoms with van der Waals surface area (Å²) in [5.41, 5.74) is 2.18. The molecule has 0 spiro atoms. The first-order valence-corrected chi connectivity index (χ1v) is 6.83. The molecule has 1 aromatic carbocycles. The van der Waals surface area contributed by atoms with Crippen molar-refractivity contribution in [3.63, 3.8) is 0 Å². The van der Waals surface area contributed by atoms with Crippen molar-refractivity contribution in [3.8, 4) is 6.07 Å². The van der Waals surface area contributed by atoms with Gasteiger partial charge in [0.1, 0.15) is 11.6 Å². The van der Waals surface area contributed by atoms with E-state index in [1.807, 2.05) is 37.3 Å². The predicted octanol–water partition coefficient (Wildman–Crippen LogP) is 3.16. The smallest absolute Gasteiger partial charge is 0.263 e. The SMILES string of the molecule is CCCNC(=O)/C(C#N)=C\Nc1ccc(C(C)C)cc1. The summed E-state index contributed by atoms with van der Waals surface area (Å²) < 4.78 is 0. The molecular formula is C16H21N3O. The molecule has 0 aliphatic carbocycles. The minimum Gasteiger partial charge on any atom is -0.360 e. The zero-order valence-corrected chi connectivity index (χ0v) is 12.2. The maximum absolute atomic E-state index is 11.7. The molecule has 1 rings (SSSR count). The van der Waals surface area contributed by atoms with Crippen molar-refractivity contribution in [1.82, 2.24) is 5.32 Å². The van der Waals surface area contributed by atoms with Gasteiger partial charge in [-0.1, -0.05) is 32.9 Å². The second-order valence-electron chi connectivity index (χ2n) is 4.85. The molecule has 4 heteroatoms. The van der Waals surface area contributed by atoms with E-state index < -0.39 is 0 Å². The lowest BCUT2D eigenvalue weighted by Crippen LogP contribution is -2.25. The van der Waals surface area contributed by atoms with E-state index in [9.17, 15) is 4.79 Å². The Morgan fingerprint density at radius 3 is 2.50 bits per heavy atom. The van der Waals surface area contributed by atoms with Crippen molar-refractivity contribution >= 4 is 11.6 Å². The number of amides is 1. The number of hydrogen-bond donors (Lipinski definition) is 2. The van der Waals surface area contributed by atoms with Gasteiger partial charge in [-0.2, -0.15) is 5.26 Å². The molecule has 20 heavy (non-hydrogen) atoms. The average molecular weight is 271 g/mol. The summed E-state index contributed by atoms with van der Waals surface area (Å²) in [4.78, 5) is 11.7. The molecule has 1 aromatic rings. The minimum atomic E-state index is -0.347. The Morgan fingerprint density at radius 2 is 2.00 bits per heavy atom. The first-order chi connectivity index (χ1) is 9.58. The van der Waals surface area contributed by atoms with E-state index in [1.165, 1.54) is 11.8 Å². The zero-order valence-electron chi connectivity index (χ0n) is 12.2. The molecule has 1 amide bonds. The van der Waals surface area contributed by atoms with E-state index in [2.05, 4.69) is 24.5 Å². The number of carbonyl (C=O) groups excluding carboxylic acids is 1. The fourth-order valence-electron chi connectivity index (χ4n) is 1.60. The fourth-order valence-corrected chi connectivity index (χ4v) is 1.60.